The molecule has 4 aromatic rings. The van der Waals surface area contributed by atoms with E-state index in [0.717, 1.165) is 21.9 Å². The maximum atomic E-state index is 12.8. The molecule has 0 radical (unpaired) electrons. The van der Waals surface area contributed by atoms with Crippen LogP contribution in [0.1, 0.15) is 0 Å². The highest BCUT2D eigenvalue weighted by Crippen LogP contribution is 2.28. The Balaban J connectivity index is 1.76. The zero-order valence-electron chi connectivity index (χ0n) is 15.0. The lowest BCUT2D eigenvalue weighted by atomic mass is 10.0. The van der Waals surface area contributed by atoms with Crippen LogP contribution in [-0.4, -0.2) is 25.9 Å². The fourth-order valence-electron chi connectivity index (χ4n) is 3.13. The van der Waals surface area contributed by atoms with Crippen LogP contribution >= 0.6 is 0 Å². The number of hydrogen-bond acceptors (Lipinski definition) is 4. The summed E-state index contributed by atoms with van der Waals surface area (Å²) >= 11 is 0. The first kappa shape index (κ1) is 17.8. The minimum Gasteiger partial charge on any atom is -0.327 e. The second-order valence-corrected chi connectivity index (χ2v) is 6.37. The molecular formula is C21H18FN5O. The van der Waals surface area contributed by atoms with Gasteiger partial charge in [0.1, 0.15) is 6.33 Å². The van der Waals surface area contributed by atoms with Gasteiger partial charge in [-0.2, -0.15) is 5.10 Å². The molecule has 7 heteroatoms. The molecule has 2 heterocycles. The Kier molecular flexibility index (Phi) is 4.82. The Morgan fingerprint density at radius 3 is 2.82 bits per heavy atom. The van der Waals surface area contributed by atoms with E-state index in [-0.39, 0.29) is 18.8 Å². The monoisotopic (exact) mass is 375 g/mol. The zero-order valence-corrected chi connectivity index (χ0v) is 15.0. The number of nitrogens with two attached hydrogens (primary N) is 1. The van der Waals surface area contributed by atoms with Crippen LogP contribution in [0.4, 0.5) is 4.39 Å². The predicted molar refractivity (Wildman–Crippen MR) is 107 cm³/mol. The number of nitrogens with zero attached hydrogens (tertiary/aromatic N) is 4. The van der Waals surface area contributed by atoms with Gasteiger partial charge in [0.25, 0.3) is 0 Å². The average molecular weight is 375 g/mol. The van der Waals surface area contributed by atoms with Gasteiger partial charge in [-0.1, -0.05) is 36.4 Å². The number of halogens is 1. The summed E-state index contributed by atoms with van der Waals surface area (Å²) in [7, 11) is 0. The topological polar surface area (TPSA) is 78.7 Å². The van der Waals surface area contributed by atoms with E-state index in [1.165, 1.54) is 15.6 Å². The van der Waals surface area contributed by atoms with Crippen LogP contribution in [0.3, 0.4) is 0 Å². The highest BCUT2D eigenvalue weighted by atomic mass is 19.1. The lowest BCUT2D eigenvalue weighted by molar-refractivity contribution is 0.612. The molecular weight excluding hydrogens is 357 g/mol. The van der Waals surface area contributed by atoms with Gasteiger partial charge in [-0.15, -0.1) is 0 Å². The van der Waals surface area contributed by atoms with Crippen molar-refractivity contribution in [1.82, 2.24) is 19.3 Å². The standard InChI is InChI=1S/C21H18FN5O/c22-9-15(10-23)13-27-21(28)26(14-25-27)18-6-3-5-16(8-18)20-12-24-11-17-4-1-2-7-19(17)20/h1-9,11-12,14H,10,13,23H2/b15-9+. The molecule has 0 aliphatic heterocycles. The highest BCUT2D eigenvalue weighted by Gasteiger charge is 2.10. The molecule has 28 heavy (non-hydrogen) atoms. The van der Waals surface area contributed by atoms with Crippen molar-refractivity contribution in [2.75, 3.05) is 6.54 Å². The Labute approximate surface area is 160 Å². The molecule has 0 aliphatic rings. The Morgan fingerprint density at radius 2 is 2.00 bits per heavy atom. The lowest BCUT2D eigenvalue weighted by Gasteiger charge is -2.08. The Morgan fingerprint density at radius 1 is 1.14 bits per heavy atom. The summed E-state index contributed by atoms with van der Waals surface area (Å²) in [6.45, 7) is 0.0468. The van der Waals surface area contributed by atoms with Crippen LogP contribution in [0.2, 0.25) is 0 Å². The minimum absolute atomic E-state index is 0.0196. The number of fused-ring (bicyclic) bond motifs is 1. The highest BCUT2D eigenvalue weighted by molar-refractivity contribution is 5.95. The maximum absolute atomic E-state index is 12.8. The van der Waals surface area contributed by atoms with Crippen LogP contribution in [0, 0.1) is 0 Å². The number of rotatable bonds is 5. The molecule has 0 unspecified atom stereocenters. The summed E-state index contributed by atoms with van der Waals surface area (Å²) in [5.41, 5.74) is 7.98. The normalized spacial score (nSPS) is 11.9. The molecule has 2 aromatic carbocycles. The molecule has 2 aromatic heterocycles. The predicted octanol–water partition coefficient (Wildman–Crippen LogP) is 3.06. The number of benzene rings is 2. The van der Waals surface area contributed by atoms with Crippen molar-refractivity contribution in [3.63, 3.8) is 0 Å². The Bertz CT molecular complexity index is 1220. The van der Waals surface area contributed by atoms with Gasteiger partial charge in [0.2, 0.25) is 0 Å². The fourth-order valence-corrected chi connectivity index (χ4v) is 3.13. The third kappa shape index (κ3) is 3.23. The molecule has 0 atom stereocenters. The van der Waals surface area contributed by atoms with Crippen LogP contribution in [0.15, 0.2) is 83.9 Å². The van der Waals surface area contributed by atoms with Crippen molar-refractivity contribution < 1.29 is 4.39 Å². The van der Waals surface area contributed by atoms with Gasteiger partial charge in [-0.25, -0.2) is 18.4 Å². The smallest absolute Gasteiger partial charge is 0.327 e. The number of pyridine rings is 1. The van der Waals surface area contributed by atoms with E-state index >= 15 is 0 Å². The van der Waals surface area contributed by atoms with E-state index in [1.807, 2.05) is 60.9 Å². The summed E-state index contributed by atoms with van der Waals surface area (Å²) in [6.07, 6.45) is 5.48. The second-order valence-electron chi connectivity index (χ2n) is 6.37. The van der Waals surface area contributed by atoms with Gasteiger partial charge in [0.15, 0.2) is 0 Å². The summed E-state index contributed by atoms with van der Waals surface area (Å²) in [4.78, 5) is 17.0. The van der Waals surface area contributed by atoms with Crippen molar-refractivity contribution in [1.29, 1.82) is 0 Å². The minimum atomic E-state index is -0.360. The quantitative estimate of drug-likeness (QED) is 0.581. The van der Waals surface area contributed by atoms with Gasteiger partial charge in [0, 0.05) is 29.9 Å². The van der Waals surface area contributed by atoms with E-state index in [0.29, 0.717) is 17.6 Å². The molecule has 0 saturated carbocycles. The maximum Gasteiger partial charge on any atom is 0.350 e. The average Bonchev–Trinajstić information content (AvgIpc) is 3.11. The molecule has 0 bridgehead atoms. The van der Waals surface area contributed by atoms with Gasteiger partial charge in [-0.3, -0.25) is 4.98 Å². The van der Waals surface area contributed by atoms with E-state index in [4.69, 9.17) is 5.73 Å². The van der Waals surface area contributed by atoms with Crippen LogP contribution in [-0.2, 0) is 6.54 Å². The van der Waals surface area contributed by atoms with Crippen molar-refractivity contribution in [3.8, 4) is 16.8 Å². The van der Waals surface area contributed by atoms with Crippen molar-refractivity contribution in [2.24, 2.45) is 5.73 Å². The van der Waals surface area contributed by atoms with E-state index < -0.39 is 0 Å². The van der Waals surface area contributed by atoms with Crippen LogP contribution in [0.25, 0.3) is 27.6 Å². The van der Waals surface area contributed by atoms with E-state index in [1.54, 1.807) is 0 Å². The molecule has 0 amide bonds. The van der Waals surface area contributed by atoms with Gasteiger partial charge < -0.3 is 5.73 Å². The molecule has 0 spiro atoms. The van der Waals surface area contributed by atoms with E-state index in [9.17, 15) is 9.18 Å². The first-order chi connectivity index (χ1) is 13.7. The third-order valence-corrected chi connectivity index (χ3v) is 4.61. The molecule has 6 nitrogen and oxygen atoms in total. The van der Waals surface area contributed by atoms with Gasteiger partial charge in [0.05, 0.1) is 18.6 Å². The SMILES string of the molecule is NC/C(=C\F)Cn1ncn(-c2cccc(-c3cncc4ccccc34)c2)c1=O. The van der Waals surface area contributed by atoms with Crippen molar-refractivity contribution >= 4 is 10.8 Å². The first-order valence-corrected chi connectivity index (χ1v) is 8.77. The molecule has 0 saturated heterocycles. The summed E-state index contributed by atoms with van der Waals surface area (Å²) in [5.74, 6) is 0. The largest absolute Gasteiger partial charge is 0.350 e. The van der Waals surface area contributed by atoms with Crippen LogP contribution < -0.4 is 11.4 Å². The fraction of sp³-hybridized carbons (Fsp3) is 0.0952. The molecule has 2 N–H and O–H groups in total. The number of hydrogen-bond donors (Lipinski definition) is 1. The molecule has 0 aliphatic carbocycles. The summed E-state index contributed by atoms with van der Waals surface area (Å²) < 4.78 is 15.4. The second kappa shape index (κ2) is 7.58. The molecule has 0 fully saturated rings. The van der Waals surface area contributed by atoms with E-state index in [2.05, 4.69) is 10.1 Å². The number of aromatic nitrogens is 4. The van der Waals surface area contributed by atoms with Gasteiger partial charge in [-0.05, 0) is 28.7 Å². The van der Waals surface area contributed by atoms with Crippen LogP contribution in [0.5, 0.6) is 0 Å². The third-order valence-electron chi connectivity index (χ3n) is 4.61. The van der Waals surface area contributed by atoms with Crippen molar-refractivity contribution in [2.45, 2.75) is 6.54 Å². The lowest BCUT2D eigenvalue weighted by Crippen LogP contribution is -2.25. The zero-order chi connectivity index (χ0) is 19.5. The summed E-state index contributed by atoms with van der Waals surface area (Å²) in [6, 6.07) is 15.6. The van der Waals surface area contributed by atoms with Gasteiger partial charge >= 0.3 is 5.69 Å². The first-order valence-electron chi connectivity index (χ1n) is 8.77. The molecule has 140 valence electrons. The molecule has 4 rings (SSSR count). The summed E-state index contributed by atoms with van der Waals surface area (Å²) in [5, 5.41) is 6.20. The Hall–Kier alpha value is -3.58. The van der Waals surface area contributed by atoms with Crippen molar-refractivity contribution in [3.05, 3.63) is 89.6 Å².